The smallest absolute Gasteiger partial charge is 0.249 e. The highest BCUT2D eigenvalue weighted by Crippen LogP contribution is 2.38. The molecule has 5 N–H and O–H groups in total. The molecule has 1 aromatic carbocycles. The Balaban J connectivity index is 2.24. The summed E-state index contributed by atoms with van der Waals surface area (Å²) in [5, 5.41) is 2.91. The van der Waals surface area contributed by atoms with Gasteiger partial charge in [0.2, 0.25) is 11.8 Å². The molecule has 2 rings (SSSR count). The third kappa shape index (κ3) is 2.54. The summed E-state index contributed by atoms with van der Waals surface area (Å²) >= 11 is 0. The molecule has 0 bridgehead atoms. The predicted octanol–water partition coefficient (Wildman–Crippen LogP) is 1.55. The van der Waals surface area contributed by atoms with Gasteiger partial charge in [-0.25, -0.2) is 0 Å². The normalized spacial score (nSPS) is 16.9. The number of nitrogens with two attached hydrogens (primary N) is 2. The molecule has 1 aliphatic rings. The highest BCUT2D eigenvalue weighted by Gasteiger charge is 2.39. The average molecular weight is 275 g/mol. The minimum atomic E-state index is -0.493. The number of primary amides is 1. The molecule has 0 radical (unpaired) electrons. The van der Waals surface area contributed by atoms with Crippen molar-refractivity contribution in [3.63, 3.8) is 0 Å². The van der Waals surface area contributed by atoms with Gasteiger partial charge < -0.3 is 16.8 Å². The van der Waals surface area contributed by atoms with Crippen molar-refractivity contribution in [1.29, 1.82) is 0 Å². The van der Waals surface area contributed by atoms with E-state index in [1.54, 1.807) is 25.1 Å². The average Bonchev–Trinajstić information content (AvgIpc) is 2.90. The van der Waals surface area contributed by atoms with E-state index >= 15 is 0 Å². The zero-order valence-electron chi connectivity index (χ0n) is 11.7. The van der Waals surface area contributed by atoms with Gasteiger partial charge in [0.05, 0.1) is 5.41 Å². The van der Waals surface area contributed by atoms with Crippen LogP contribution in [0, 0.1) is 12.3 Å². The molecule has 108 valence electrons. The van der Waals surface area contributed by atoms with Gasteiger partial charge in [0, 0.05) is 17.8 Å². The van der Waals surface area contributed by atoms with Gasteiger partial charge in [0.25, 0.3) is 0 Å². The monoisotopic (exact) mass is 275 g/mol. The van der Waals surface area contributed by atoms with Crippen LogP contribution in [0.25, 0.3) is 0 Å². The fourth-order valence-electron chi connectivity index (χ4n) is 2.87. The summed E-state index contributed by atoms with van der Waals surface area (Å²) in [6, 6.07) is 5.15. The highest BCUT2D eigenvalue weighted by atomic mass is 16.2. The van der Waals surface area contributed by atoms with Crippen LogP contribution in [0.4, 0.5) is 5.69 Å². The fourth-order valence-corrected chi connectivity index (χ4v) is 2.87. The molecular formula is C15H21N3O2. The van der Waals surface area contributed by atoms with Gasteiger partial charge in [-0.1, -0.05) is 18.9 Å². The third-order valence-corrected chi connectivity index (χ3v) is 4.28. The maximum absolute atomic E-state index is 12.5. The third-order valence-electron chi connectivity index (χ3n) is 4.28. The van der Waals surface area contributed by atoms with Crippen molar-refractivity contribution in [2.75, 3.05) is 11.9 Å². The van der Waals surface area contributed by atoms with Crippen molar-refractivity contribution in [3.8, 4) is 0 Å². The molecule has 0 spiro atoms. The Morgan fingerprint density at radius 3 is 2.50 bits per heavy atom. The van der Waals surface area contributed by atoms with Crippen LogP contribution in [0.15, 0.2) is 18.2 Å². The second kappa shape index (κ2) is 5.63. The number of rotatable bonds is 4. The molecule has 0 unspecified atom stereocenters. The topological polar surface area (TPSA) is 98.2 Å². The molecule has 2 amide bonds. The lowest BCUT2D eigenvalue weighted by Gasteiger charge is -2.26. The van der Waals surface area contributed by atoms with Gasteiger partial charge in [0.15, 0.2) is 0 Å². The maximum atomic E-state index is 12.5. The number of amides is 2. The van der Waals surface area contributed by atoms with Gasteiger partial charge >= 0.3 is 0 Å². The molecule has 1 fully saturated rings. The Kier molecular flexibility index (Phi) is 4.09. The number of hydrogen-bond donors (Lipinski definition) is 3. The van der Waals surface area contributed by atoms with Gasteiger partial charge in [-0.05, 0) is 37.5 Å². The molecule has 5 heteroatoms. The first-order valence-electron chi connectivity index (χ1n) is 6.91. The van der Waals surface area contributed by atoms with Crippen LogP contribution in [0.5, 0.6) is 0 Å². The molecule has 0 aliphatic heterocycles. The SMILES string of the molecule is Cc1c(NC(=O)C2(CN)CCCC2)cccc1C(N)=O. The van der Waals surface area contributed by atoms with Crippen molar-refractivity contribution in [3.05, 3.63) is 29.3 Å². The molecule has 20 heavy (non-hydrogen) atoms. The van der Waals surface area contributed by atoms with E-state index in [4.69, 9.17) is 11.5 Å². The van der Waals surface area contributed by atoms with E-state index in [2.05, 4.69) is 5.32 Å². The van der Waals surface area contributed by atoms with E-state index in [0.717, 1.165) is 25.7 Å². The number of benzene rings is 1. The van der Waals surface area contributed by atoms with Crippen LogP contribution in [0.2, 0.25) is 0 Å². The quantitative estimate of drug-likeness (QED) is 0.777. The Morgan fingerprint density at radius 2 is 1.95 bits per heavy atom. The Labute approximate surface area is 118 Å². The van der Waals surface area contributed by atoms with Crippen LogP contribution in [0.1, 0.15) is 41.6 Å². The number of carbonyl (C=O) groups is 2. The van der Waals surface area contributed by atoms with Crippen LogP contribution in [-0.4, -0.2) is 18.4 Å². The van der Waals surface area contributed by atoms with Crippen LogP contribution in [-0.2, 0) is 4.79 Å². The standard InChI is InChI=1S/C15H21N3O2/c1-10-11(13(17)19)5-4-6-12(10)18-14(20)15(9-16)7-2-3-8-15/h4-6H,2-3,7-9,16H2,1H3,(H2,17,19)(H,18,20). The highest BCUT2D eigenvalue weighted by molar-refractivity contribution is 6.00. The zero-order valence-corrected chi connectivity index (χ0v) is 11.7. The van der Waals surface area contributed by atoms with Crippen LogP contribution < -0.4 is 16.8 Å². The molecule has 0 heterocycles. The molecule has 5 nitrogen and oxygen atoms in total. The second-order valence-electron chi connectivity index (χ2n) is 5.49. The van der Waals surface area contributed by atoms with E-state index in [1.807, 2.05) is 0 Å². The van der Waals surface area contributed by atoms with Gasteiger partial charge in [-0.3, -0.25) is 9.59 Å². The molecule has 1 aromatic rings. The second-order valence-corrected chi connectivity index (χ2v) is 5.49. The number of hydrogen-bond acceptors (Lipinski definition) is 3. The lowest BCUT2D eigenvalue weighted by atomic mass is 9.85. The van der Waals surface area contributed by atoms with E-state index in [0.29, 0.717) is 23.4 Å². The first kappa shape index (κ1) is 14.5. The summed E-state index contributed by atoms with van der Waals surface area (Å²) < 4.78 is 0. The van der Waals surface area contributed by atoms with Crippen molar-refractivity contribution < 1.29 is 9.59 Å². The van der Waals surface area contributed by atoms with Crippen molar-refractivity contribution in [2.45, 2.75) is 32.6 Å². The summed E-state index contributed by atoms with van der Waals surface area (Å²) in [7, 11) is 0. The largest absolute Gasteiger partial charge is 0.366 e. The van der Waals surface area contributed by atoms with E-state index in [-0.39, 0.29) is 5.91 Å². The van der Waals surface area contributed by atoms with Crippen LogP contribution in [0.3, 0.4) is 0 Å². The van der Waals surface area contributed by atoms with Crippen LogP contribution >= 0.6 is 0 Å². The number of carbonyl (C=O) groups excluding carboxylic acids is 2. The van der Waals surface area contributed by atoms with Crippen molar-refractivity contribution in [1.82, 2.24) is 0 Å². The summed E-state index contributed by atoms with van der Waals surface area (Å²) in [6.07, 6.45) is 3.71. The molecule has 0 aromatic heterocycles. The number of nitrogens with one attached hydrogen (secondary N) is 1. The molecule has 1 aliphatic carbocycles. The lowest BCUT2D eigenvalue weighted by molar-refractivity contribution is -0.124. The van der Waals surface area contributed by atoms with E-state index in [9.17, 15) is 9.59 Å². The van der Waals surface area contributed by atoms with E-state index < -0.39 is 11.3 Å². The maximum Gasteiger partial charge on any atom is 0.249 e. The summed E-state index contributed by atoms with van der Waals surface area (Å²) in [6.45, 7) is 2.13. The molecular weight excluding hydrogens is 254 g/mol. The minimum absolute atomic E-state index is 0.0535. The predicted molar refractivity (Wildman–Crippen MR) is 78.3 cm³/mol. The number of anilines is 1. The first-order valence-corrected chi connectivity index (χ1v) is 6.91. The van der Waals surface area contributed by atoms with E-state index in [1.165, 1.54) is 0 Å². The molecule has 0 atom stereocenters. The van der Waals surface area contributed by atoms with Gasteiger partial charge in [-0.2, -0.15) is 0 Å². The van der Waals surface area contributed by atoms with Crippen molar-refractivity contribution in [2.24, 2.45) is 16.9 Å². The first-order chi connectivity index (χ1) is 9.50. The Hall–Kier alpha value is -1.88. The molecule has 1 saturated carbocycles. The summed E-state index contributed by atoms with van der Waals surface area (Å²) in [4.78, 5) is 23.8. The van der Waals surface area contributed by atoms with Gasteiger partial charge in [-0.15, -0.1) is 0 Å². The van der Waals surface area contributed by atoms with Gasteiger partial charge in [0.1, 0.15) is 0 Å². The fraction of sp³-hybridized carbons (Fsp3) is 0.467. The zero-order chi connectivity index (χ0) is 14.8. The molecule has 0 saturated heterocycles. The minimum Gasteiger partial charge on any atom is -0.366 e. The summed E-state index contributed by atoms with van der Waals surface area (Å²) in [5.41, 5.74) is 12.4. The Morgan fingerprint density at radius 1 is 1.30 bits per heavy atom. The Bertz CT molecular complexity index is 534. The summed E-state index contributed by atoms with van der Waals surface area (Å²) in [5.74, 6) is -0.546. The van der Waals surface area contributed by atoms with Crippen molar-refractivity contribution >= 4 is 17.5 Å². The lowest BCUT2D eigenvalue weighted by Crippen LogP contribution is -2.40.